The molecule has 25 heavy (non-hydrogen) atoms. The van der Waals surface area contributed by atoms with Gasteiger partial charge >= 0.3 is 0 Å². The molecule has 1 aromatic heterocycles. The van der Waals surface area contributed by atoms with Crippen molar-refractivity contribution >= 4 is 40.5 Å². The first kappa shape index (κ1) is 16.8. The topological polar surface area (TPSA) is 59.5 Å². The van der Waals surface area contributed by atoms with Gasteiger partial charge in [-0.25, -0.2) is 9.97 Å². The van der Waals surface area contributed by atoms with E-state index >= 15 is 0 Å². The molecule has 2 aliphatic rings. The lowest BCUT2D eigenvalue weighted by molar-refractivity contribution is -0.169. The number of anilines is 3. The van der Waals surface area contributed by atoms with Gasteiger partial charge in [0.2, 0.25) is 0 Å². The van der Waals surface area contributed by atoms with E-state index in [9.17, 15) is 0 Å². The molecule has 4 rings (SSSR count). The summed E-state index contributed by atoms with van der Waals surface area (Å²) in [5, 5.41) is 4.36. The number of hydrogen-bond donors (Lipinski definition) is 1. The highest BCUT2D eigenvalue weighted by Crippen LogP contribution is 2.33. The summed E-state index contributed by atoms with van der Waals surface area (Å²) in [6, 6.07) is 7.21. The van der Waals surface area contributed by atoms with E-state index in [0.717, 1.165) is 37.4 Å². The van der Waals surface area contributed by atoms with Crippen molar-refractivity contribution in [3.8, 4) is 0 Å². The number of piperidine rings is 1. The van der Waals surface area contributed by atoms with Crippen molar-refractivity contribution in [1.29, 1.82) is 0 Å². The van der Waals surface area contributed by atoms with Crippen molar-refractivity contribution in [1.82, 2.24) is 9.97 Å². The van der Waals surface area contributed by atoms with Crippen LogP contribution in [-0.4, -0.2) is 42.1 Å². The van der Waals surface area contributed by atoms with E-state index in [1.54, 1.807) is 24.5 Å². The third-order valence-electron chi connectivity index (χ3n) is 4.45. The molecule has 0 amide bonds. The Balaban J connectivity index is 1.46. The zero-order valence-corrected chi connectivity index (χ0v) is 15.1. The first-order chi connectivity index (χ1) is 12.1. The van der Waals surface area contributed by atoms with Crippen LogP contribution in [0.2, 0.25) is 10.0 Å². The van der Waals surface area contributed by atoms with Crippen LogP contribution >= 0.6 is 23.2 Å². The molecule has 2 fully saturated rings. The highest BCUT2D eigenvalue weighted by molar-refractivity contribution is 6.35. The average Bonchev–Trinajstić information content (AvgIpc) is 3.03. The molecular weight excluding hydrogens is 363 g/mol. The first-order valence-electron chi connectivity index (χ1n) is 8.20. The van der Waals surface area contributed by atoms with E-state index in [1.807, 2.05) is 6.07 Å². The van der Waals surface area contributed by atoms with Gasteiger partial charge in [-0.3, -0.25) is 0 Å². The summed E-state index contributed by atoms with van der Waals surface area (Å²) in [5.41, 5.74) is 0.785. The summed E-state index contributed by atoms with van der Waals surface area (Å²) in [6.45, 7) is 3.03. The predicted molar refractivity (Wildman–Crippen MR) is 97.9 cm³/mol. The van der Waals surface area contributed by atoms with Crippen molar-refractivity contribution < 1.29 is 9.47 Å². The highest BCUT2D eigenvalue weighted by Gasteiger charge is 2.40. The van der Waals surface area contributed by atoms with Crippen molar-refractivity contribution in [2.45, 2.75) is 18.6 Å². The van der Waals surface area contributed by atoms with Gasteiger partial charge in [0.25, 0.3) is 0 Å². The SMILES string of the molecule is Clc1cc(Cl)cc(Nc2cc(N3CCC4(CC3)OCCO4)ncn2)c1. The van der Waals surface area contributed by atoms with Crippen LogP contribution in [0.5, 0.6) is 0 Å². The van der Waals surface area contributed by atoms with E-state index in [2.05, 4.69) is 20.2 Å². The van der Waals surface area contributed by atoms with Gasteiger partial charge in [-0.05, 0) is 18.2 Å². The Morgan fingerprint density at radius 1 is 0.960 bits per heavy atom. The third-order valence-corrected chi connectivity index (χ3v) is 4.89. The highest BCUT2D eigenvalue weighted by atomic mass is 35.5. The molecule has 2 aliphatic heterocycles. The zero-order chi connectivity index (χ0) is 17.3. The van der Waals surface area contributed by atoms with Gasteiger partial charge in [0.05, 0.1) is 13.2 Å². The van der Waals surface area contributed by atoms with Crippen LogP contribution in [0.25, 0.3) is 0 Å². The second kappa shape index (κ2) is 6.96. The smallest absolute Gasteiger partial charge is 0.171 e. The van der Waals surface area contributed by atoms with E-state index in [-0.39, 0.29) is 5.79 Å². The van der Waals surface area contributed by atoms with Crippen molar-refractivity contribution in [3.63, 3.8) is 0 Å². The summed E-state index contributed by atoms with van der Waals surface area (Å²) in [7, 11) is 0. The van der Waals surface area contributed by atoms with Crippen molar-refractivity contribution in [2.24, 2.45) is 0 Å². The Kier molecular flexibility index (Phi) is 4.69. The molecule has 1 aromatic carbocycles. The number of nitrogens with zero attached hydrogens (tertiary/aromatic N) is 3. The Hall–Kier alpha value is -1.60. The minimum absolute atomic E-state index is 0.387. The maximum Gasteiger partial charge on any atom is 0.171 e. The van der Waals surface area contributed by atoms with Crippen LogP contribution in [0.4, 0.5) is 17.3 Å². The molecule has 0 unspecified atom stereocenters. The average molecular weight is 381 g/mol. The number of halogens is 2. The second-order valence-electron chi connectivity index (χ2n) is 6.14. The lowest BCUT2D eigenvalue weighted by Crippen LogP contribution is -2.45. The predicted octanol–water partition coefficient (Wildman–Crippen LogP) is 3.87. The van der Waals surface area contributed by atoms with Gasteiger partial charge in [0, 0.05) is 47.7 Å². The number of benzene rings is 1. The van der Waals surface area contributed by atoms with E-state index in [1.165, 1.54) is 0 Å². The summed E-state index contributed by atoms with van der Waals surface area (Å²) in [4.78, 5) is 10.9. The van der Waals surface area contributed by atoms with E-state index in [4.69, 9.17) is 32.7 Å². The number of rotatable bonds is 3. The molecular formula is C17H18Cl2N4O2. The molecule has 132 valence electrons. The van der Waals surface area contributed by atoms with Crippen LogP contribution < -0.4 is 10.2 Å². The summed E-state index contributed by atoms with van der Waals surface area (Å²) in [5.74, 6) is 1.18. The lowest BCUT2D eigenvalue weighted by Gasteiger charge is -2.38. The fourth-order valence-electron chi connectivity index (χ4n) is 3.22. The van der Waals surface area contributed by atoms with Gasteiger partial charge in [0.1, 0.15) is 18.0 Å². The maximum atomic E-state index is 6.04. The molecule has 8 heteroatoms. The quantitative estimate of drug-likeness (QED) is 0.871. The Morgan fingerprint density at radius 2 is 1.64 bits per heavy atom. The molecule has 0 saturated carbocycles. The second-order valence-corrected chi connectivity index (χ2v) is 7.01. The molecule has 2 saturated heterocycles. The molecule has 0 aliphatic carbocycles. The van der Waals surface area contributed by atoms with Crippen LogP contribution in [0.15, 0.2) is 30.6 Å². The normalized spacial score (nSPS) is 19.4. The van der Waals surface area contributed by atoms with Gasteiger partial charge < -0.3 is 19.7 Å². The fraction of sp³-hybridized carbons (Fsp3) is 0.412. The van der Waals surface area contributed by atoms with Crippen LogP contribution in [-0.2, 0) is 9.47 Å². The molecule has 6 nitrogen and oxygen atoms in total. The number of nitrogens with one attached hydrogen (secondary N) is 1. The molecule has 1 N–H and O–H groups in total. The largest absolute Gasteiger partial charge is 0.356 e. The van der Waals surface area contributed by atoms with E-state index < -0.39 is 0 Å². The van der Waals surface area contributed by atoms with Crippen LogP contribution in [0, 0.1) is 0 Å². The van der Waals surface area contributed by atoms with Gasteiger partial charge in [-0.1, -0.05) is 23.2 Å². The Labute approximate surface area is 156 Å². The molecule has 0 radical (unpaired) electrons. The third kappa shape index (κ3) is 3.82. The maximum absolute atomic E-state index is 6.04. The monoisotopic (exact) mass is 380 g/mol. The minimum Gasteiger partial charge on any atom is -0.356 e. The van der Waals surface area contributed by atoms with Crippen LogP contribution in [0.3, 0.4) is 0 Å². The van der Waals surface area contributed by atoms with Gasteiger partial charge in [0.15, 0.2) is 5.79 Å². The Bertz CT molecular complexity index is 738. The minimum atomic E-state index is -0.387. The van der Waals surface area contributed by atoms with Crippen LogP contribution in [0.1, 0.15) is 12.8 Å². The fourth-order valence-corrected chi connectivity index (χ4v) is 3.75. The summed E-state index contributed by atoms with van der Waals surface area (Å²) < 4.78 is 11.5. The summed E-state index contributed by atoms with van der Waals surface area (Å²) in [6.07, 6.45) is 3.23. The van der Waals surface area contributed by atoms with Gasteiger partial charge in [-0.2, -0.15) is 0 Å². The number of hydrogen-bond acceptors (Lipinski definition) is 6. The number of aromatic nitrogens is 2. The molecule has 0 atom stereocenters. The molecule has 1 spiro atoms. The summed E-state index contributed by atoms with van der Waals surface area (Å²) >= 11 is 12.1. The first-order valence-corrected chi connectivity index (χ1v) is 8.96. The lowest BCUT2D eigenvalue weighted by atomic mass is 10.0. The van der Waals surface area contributed by atoms with Crippen molar-refractivity contribution in [3.05, 3.63) is 40.6 Å². The molecule has 0 bridgehead atoms. The zero-order valence-electron chi connectivity index (χ0n) is 13.5. The Morgan fingerprint density at radius 3 is 2.32 bits per heavy atom. The molecule has 2 aromatic rings. The standard InChI is InChI=1S/C17H18Cl2N4O2/c18-12-7-13(19)9-14(8-12)22-15-10-16(21-11-20-15)23-3-1-17(2-4-23)24-5-6-25-17/h7-11H,1-6H2,(H,20,21,22). The molecule has 3 heterocycles. The van der Waals surface area contributed by atoms with Crippen molar-refractivity contribution in [2.75, 3.05) is 36.5 Å². The van der Waals surface area contributed by atoms with Gasteiger partial charge in [-0.15, -0.1) is 0 Å². The number of ether oxygens (including phenoxy) is 2. The van der Waals surface area contributed by atoms with E-state index in [0.29, 0.717) is 29.1 Å².